The molecule has 0 atom stereocenters. The Morgan fingerprint density at radius 2 is 1.51 bits per heavy atom. The highest BCUT2D eigenvalue weighted by Gasteiger charge is 2.75. The van der Waals surface area contributed by atoms with Crippen LogP contribution >= 0.6 is 11.6 Å². The zero-order valence-corrected chi connectivity index (χ0v) is 18.1. The summed E-state index contributed by atoms with van der Waals surface area (Å²) in [6.07, 6.45) is -12.2. The Labute approximate surface area is 196 Å². The average molecular weight is 519 g/mol. The summed E-state index contributed by atoms with van der Waals surface area (Å²) < 4.78 is 91.3. The van der Waals surface area contributed by atoms with Crippen LogP contribution in [0.3, 0.4) is 0 Å². The first-order valence-electron chi connectivity index (χ1n) is 9.60. The number of methoxy groups -OCH3 is 1. The normalized spacial score (nSPS) is 15.1. The molecule has 0 radical (unpaired) electrons. The highest BCUT2D eigenvalue weighted by molar-refractivity contribution is 6.30. The van der Waals surface area contributed by atoms with Crippen molar-refractivity contribution in [1.82, 2.24) is 9.55 Å². The van der Waals surface area contributed by atoms with Crippen LogP contribution < -0.4 is 21.3 Å². The van der Waals surface area contributed by atoms with E-state index >= 15 is 0 Å². The Balaban J connectivity index is 2.14. The number of hydrogen-bond acceptors (Lipinski definition) is 5. The minimum absolute atomic E-state index is 0.147. The van der Waals surface area contributed by atoms with Crippen molar-refractivity contribution in [1.29, 1.82) is 0 Å². The van der Waals surface area contributed by atoms with Gasteiger partial charge in [0.1, 0.15) is 23.0 Å². The summed E-state index contributed by atoms with van der Waals surface area (Å²) in [6.45, 7) is 0. The van der Waals surface area contributed by atoms with E-state index in [4.69, 9.17) is 16.3 Å². The molecule has 35 heavy (non-hydrogen) atoms. The smallest absolute Gasteiger partial charge is 0.427 e. The Morgan fingerprint density at radius 3 is 2.03 bits per heavy atom. The first-order valence-corrected chi connectivity index (χ1v) is 9.98. The number of benzene rings is 2. The summed E-state index contributed by atoms with van der Waals surface area (Å²) in [4.78, 5) is 29.8. The molecule has 0 spiro atoms. The van der Waals surface area contributed by atoms with Crippen molar-refractivity contribution in [2.45, 2.75) is 17.9 Å². The summed E-state index contributed by atoms with van der Waals surface area (Å²) >= 11 is 5.78. The van der Waals surface area contributed by atoms with Crippen LogP contribution in [0.5, 0.6) is 5.75 Å². The lowest BCUT2D eigenvalue weighted by atomic mass is 9.87. The summed E-state index contributed by atoms with van der Waals surface area (Å²) in [5.41, 5.74) is -10.3. The number of H-pyrrole nitrogens is 1. The molecule has 184 valence electrons. The third kappa shape index (κ3) is 3.85. The van der Waals surface area contributed by atoms with Crippen molar-refractivity contribution < 1.29 is 31.1 Å². The van der Waals surface area contributed by atoms with E-state index in [-0.39, 0.29) is 16.3 Å². The summed E-state index contributed by atoms with van der Waals surface area (Å²) in [6, 6.07) is 9.84. The second-order valence-corrected chi connectivity index (χ2v) is 7.75. The van der Waals surface area contributed by atoms with Gasteiger partial charge in [0.25, 0.3) is 11.1 Å². The largest absolute Gasteiger partial charge is 0.497 e. The Hall–Kier alpha value is -3.74. The molecule has 0 saturated carbocycles. The molecular formula is C21H13ClF6N4O3. The molecule has 0 saturated heterocycles. The van der Waals surface area contributed by atoms with Crippen LogP contribution in [-0.4, -0.2) is 34.8 Å². The van der Waals surface area contributed by atoms with Crippen LogP contribution in [-0.2, 0) is 5.54 Å². The van der Waals surface area contributed by atoms with Gasteiger partial charge in [0, 0.05) is 10.6 Å². The van der Waals surface area contributed by atoms with Gasteiger partial charge in [-0.3, -0.25) is 9.78 Å². The molecule has 1 aliphatic rings. The second kappa shape index (κ2) is 8.18. The van der Waals surface area contributed by atoms with Gasteiger partial charge in [0.15, 0.2) is 0 Å². The van der Waals surface area contributed by atoms with Gasteiger partial charge in [-0.2, -0.15) is 26.3 Å². The van der Waals surface area contributed by atoms with Gasteiger partial charge >= 0.3 is 18.0 Å². The van der Waals surface area contributed by atoms with E-state index in [2.05, 4.69) is 10.3 Å². The van der Waals surface area contributed by atoms with Gasteiger partial charge in [-0.1, -0.05) is 11.6 Å². The average Bonchev–Trinajstić information content (AvgIpc) is 2.77. The van der Waals surface area contributed by atoms with Crippen LogP contribution in [0.2, 0.25) is 5.02 Å². The number of aromatic amines is 1. The van der Waals surface area contributed by atoms with Crippen molar-refractivity contribution in [3.63, 3.8) is 0 Å². The van der Waals surface area contributed by atoms with Crippen LogP contribution in [0.25, 0.3) is 5.69 Å². The number of halogens is 7. The first-order chi connectivity index (χ1) is 16.3. The number of ether oxygens (including phenoxy) is 1. The highest BCUT2D eigenvalue weighted by Crippen LogP contribution is 2.55. The molecule has 2 N–H and O–H groups in total. The van der Waals surface area contributed by atoms with E-state index in [0.717, 1.165) is 12.1 Å². The lowest BCUT2D eigenvalue weighted by Crippen LogP contribution is -2.59. The molecule has 1 aliphatic heterocycles. The van der Waals surface area contributed by atoms with E-state index in [1.165, 1.54) is 43.5 Å². The quantitative estimate of drug-likeness (QED) is 0.504. The van der Waals surface area contributed by atoms with Gasteiger partial charge in [0.05, 0.1) is 12.8 Å². The maximum atomic E-state index is 14.3. The van der Waals surface area contributed by atoms with Crippen molar-refractivity contribution in [3.8, 4) is 11.4 Å². The van der Waals surface area contributed by atoms with Gasteiger partial charge in [-0.25, -0.2) is 14.4 Å². The third-order valence-electron chi connectivity index (χ3n) is 5.26. The fourth-order valence-corrected chi connectivity index (χ4v) is 3.77. The molecule has 0 aliphatic carbocycles. The molecule has 0 unspecified atom stereocenters. The van der Waals surface area contributed by atoms with Crippen molar-refractivity contribution in [2.75, 3.05) is 12.4 Å². The number of anilines is 1. The maximum Gasteiger partial charge on any atom is 0.427 e. The monoisotopic (exact) mass is 518 g/mol. The summed E-state index contributed by atoms with van der Waals surface area (Å²) in [5, 5.41) is 2.49. The Bertz CT molecular complexity index is 1410. The van der Waals surface area contributed by atoms with Gasteiger partial charge in [-0.05, 0) is 48.5 Å². The van der Waals surface area contributed by atoms with Crippen LogP contribution in [0.1, 0.15) is 11.1 Å². The minimum Gasteiger partial charge on any atom is -0.497 e. The number of aromatic nitrogens is 2. The molecule has 2 aromatic carbocycles. The number of nitrogens with zero attached hydrogens (tertiary/aromatic N) is 2. The number of rotatable bonds is 3. The Kier molecular flexibility index (Phi) is 5.70. The molecule has 0 fully saturated rings. The molecular weight excluding hydrogens is 506 g/mol. The van der Waals surface area contributed by atoms with Crippen LogP contribution in [0.4, 0.5) is 32.2 Å². The Morgan fingerprint density at radius 1 is 0.943 bits per heavy atom. The predicted octanol–water partition coefficient (Wildman–Crippen LogP) is 4.38. The number of aliphatic imine (C=N–C) groups is 1. The van der Waals surface area contributed by atoms with E-state index in [0.29, 0.717) is 10.3 Å². The number of alkyl halides is 6. The van der Waals surface area contributed by atoms with Crippen LogP contribution in [0, 0.1) is 0 Å². The number of hydrogen-bond donors (Lipinski definition) is 2. The van der Waals surface area contributed by atoms with E-state index in [9.17, 15) is 35.9 Å². The molecule has 4 rings (SSSR count). The zero-order valence-electron chi connectivity index (χ0n) is 17.4. The first kappa shape index (κ1) is 24.4. The van der Waals surface area contributed by atoms with E-state index in [1.807, 2.05) is 0 Å². The number of amidine groups is 1. The lowest BCUT2D eigenvalue weighted by molar-refractivity contribution is -0.301. The highest BCUT2D eigenvalue weighted by atomic mass is 35.5. The molecule has 0 amide bonds. The van der Waals surface area contributed by atoms with Crippen molar-refractivity contribution in [3.05, 3.63) is 85.5 Å². The van der Waals surface area contributed by atoms with Gasteiger partial charge < -0.3 is 10.1 Å². The molecule has 14 heteroatoms. The van der Waals surface area contributed by atoms with Gasteiger partial charge in [-0.15, -0.1) is 0 Å². The summed E-state index contributed by atoms with van der Waals surface area (Å²) in [5.74, 6) is -1.62. The number of nitrogens with one attached hydrogen (secondary N) is 2. The van der Waals surface area contributed by atoms with Crippen molar-refractivity contribution in [2.24, 2.45) is 4.99 Å². The third-order valence-corrected chi connectivity index (χ3v) is 5.51. The van der Waals surface area contributed by atoms with E-state index in [1.54, 1.807) is 4.98 Å². The molecule has 0 bridgehead atoms. The fourth-order valence-electron chi connectivity index (χ4n) is 3.65. The van der Waals surface area contributed by atoms with Gasteiger partial charge in [0.2, 0.25) is 0 Å². The molecule has 1 aromatic heterocycles. The van der Waals surface area contributed by atoms with Crippen molar-refractivity contribution >= 4 is 23.3 Å². The molecule has 2 heterocycles. The lowest BCUT2D eigenvalue weighted by Gasteiger charge is -2.38. The molecule has 3 aromatic rings. The van der Waals surface area contributed by atoms with E-state index < -0.39 is 46.4 Å². The number of fused-ring (bicyclic) bond motifs is 1. The molecule has 7 nitrogen and oxygen atoms in total. The second-order valence-electron chi connectivity index (χ2n) is 7.31. The maximum absolute atomic E-state index is 14.3. The SMILES string of the molecule is COc1ccc(-n2c3c(c(=O)[nH]c2=O)C(C(F)(F)F)(C(F)(F)F)N=C(c2ccc(Cl)cc2)N3)cc1. The standard InChI is InChI=1S/C21H13ClF6N4O3/c1-35-13-8-6-12(7-9-13)32-16-14(17(33)30-18(32)34)19(20(23,24)25,21(26,27)28)31-15(29-16)10-2-4-11(22)5-3-10/h2-9H,1H3,(H,29,31)(H,30,33,34). The van der Waals surface area contributed by atoms with Crippen LogP contribution in [0.15, 0.2) is 63.1 Å². The minimum atomic E-state index is -6.12. The predicted molar refractivity (Wildman–Crippen MR) is 115 cm³/mol. The summed E-state index contributed by atoms with van der Waals surface area (Å²) in [7, 11) is 1.33. The zero-order chi connectivity index (χ0) is 25.8. The fraction of sp³-hybridized carbons (Fsp3) is 0.190. The topological polar surface area (TPSA) is 88.5 Å².